The van der Waals surface area contributed by atoms with Crippen LogP contribution in [0.2, 0.25) is 0 Å². The van der Waals surface area contributed by atoms with E-state index in [9.17, 15) is 13.2 Å². The van der Waals surface area contributed by atoms with Crippen molar-refractivity contribution in [3.8, 4) is 0 Å². The van der Waals surface area contributed by atoms with Crippen molar-refractivity contribution in [2.75, 3.05) is 5.32 Å². The summed E-state index contributed by atoms with van der Waals surface area (Å²) in [5.41, 5.74) is 0.254. The van der Waals surface area contributed by atoms with Gasteiger partial charge in [-0.3, -0.25) is 0 Å². The topological polar surface area (TPSA) is 109 Å². The number of nitrogens with one attached hydrogen (secondary N) is 2. The largest absolute Gasteiger partial charge is 0.478 e. The Bertz CT molecular complexity index is 810. The summed E-state index contributed by atoms with van der Waals surface area (Å²) in [5, 5.41) is 12.1. The fraction of sp³-hybridized carbons (Fsp3) is 0.267. The smallest absolute Gasteiger partial charge is 0.335 e. The average Bonchev–Trinajstić information content (AvgIpc) is 3.15. The Morgan fingerprint density at radius 2 is 2.09 bits per heavy atom. The molecule has 1 saturated carbocycles. The van der Waals surface area contributed by atoms with Crippen LogP contribution in [0, 0.1) is 0 Å². The average molecular weight is 336 g/mol. The van der Waals surface area contributed by atoms with Crippen molar-refractivity contribution in [3.05, 3.63) is 47.9 Å². The van der Waals surface area contributed by atoms with Crippen LogP contribution in [0.25, 0.3) is 0 Å². The first-order valence-electron chi connectivity index (χ1n) is 7.11. The van der Waals surface area contributed by atoms with E-state index in [1.165, 1.54) is 18.4 Å². The highest BCUT2D eigenvalue weighted by Crippen LogP contribution is 2.27. The SMILES string of the molecule is O=C(O)c1ccc(NCc2ccco2)c(S(=O)(=O)NC2CC2)c1. The van der Waals surface area contributed by atoms with Crippen LogP contribution >= 0.6 is 0 Å². The van der Waals surface area contributed by atoms with Crippen LogP contribution in [0.5, 0.6) is 0 Å². The molecule has 0 atom stereocenters. The molecule has 0 spiro atoms. The van der Waals surface area contributed by atoms with Crippen molar-refractivity contribution in [3.63, 3.8) is 0 Å². The summed E-state index contributed by atoms with van der Waals surface area (Å²) < 4.78 is 32.7. The van der Waals surface area contributed by atoms with Crippen molar-refractivity contribution < 1.29 is 22.7 Å². The number of anilines is 1. The third-order valence-electron chi connectivity index (χ3n) is 3.45. The van der Waals surface area contributed by atoms with E-state index in [0.717, 1.165) is 18.9 Å². The maximum Gasteiger partial charge on any atom is 0.335 e. The number of hydrogen-bond donors (Lipinski definition) is 3. The van der Waals surface area contributed by atoms with Gasteiger partial charge in [0, 0.05) is 6.04 Å². The highest BCUT2D eigenvalue weighted by atomic mass is 32.2. The molecule has 8 heteroatoms. The van der Waals surface area contributed by atoms with E-state index in [2.05, 4.69) is 10.0 Å². The van der Waals surface area contributed by atoms with E-state index in [1.54, 1.807) is 12.1 Å². The molecule has 7 nitrogen and oxygen atoms in total. The molecule has 0 saturated heterocycles. The zero-order valence-corrected chi connectivity index (χ0v) is 13.0. The van der Waals surface area contributed by atoms with Crippen molar-refractivity contribution >= 4 is 21.7 Å². The molecule has 1 fully saturated rings. The first-order chi connectivity index (χ1) is 11.0. The lowest BCUT2D eigenvalue weighted by Gasteiger charge is -2.13. The van der Waals surface area contributed by atoms with Crippen LogP contribution in [0.4, 0.5) is 5.69 Å². The molecule has 2 aromatic rings. The first-order valence-corrected chi connectivity index (χ1v) is 8.60. The maximum absolute atomic E-state index is 12.5. The summed E-state index contributed by atoms with van der Waals surface area (Å²) in [6.45, 7) is 0.297. The Morgan fingerprint density at radius 3 is 2.70 bits per heavy atom. The second kappa shape index (κ2) is 6.05. The minimum atomic E-state index is -3.78. The Kier molecular flexibility index (Phi) is 4.10. The Labute approximate surface area is 133 Å². The zero-order valence-electron chi connectivity index (χ0n) is 12.2. The fourth-order valence-corrected chi connectivity index (χ4v) is 3.62. The number of hydrogen-bond acceptors (Lipinski definition) is 5. The van der Waals surface area contributed by atoms with E-state index in [1.807, 2.05) is 0 Å². The van der Waals surface area contributed by atoms with Gasteiger partial charge >= 0.3 is 5.97 Å². The standard InChI is InChI=1S/C15H16N2O5S/c18-15(19)10-3-6-13(16-9-12-2-1-7-22-12)14(8-10)23(20,21)17-11-4-5-11/h1-3,6-8,11,16-17H,4-5,9H2,(H,18,19). The minimum Gasteiger partial charge on any atom is -0.478 e. The summed E-state index contributed by atoms with van der Waals surface area (Å²) in [6.07, 6.45) is 3.12. The van der Waals surface area contributed by atoms with Gasteiger partial charge in [0.1, 0.15) is 10.7 Å². The molecule has 0 unspecified atom stereocenters. The van der Waals surface area contributed by atoms with Crippen molar-refractivity contribution in [2.45, 2.75) is 30.3 Å². The van der Waals surface area contributed by atoms with Crippen LogP contribution in [-0.4, -0.2) is 25.5 Å². The molecule has 0 amide bonds. The van der Waals surface area contributed by atoms with E-state index >= 15 is 0 Å². The van der Waals surface area contributed by atoms with E-state index in [4.69, 9.17) is 9.52 Å². The van der Waals surface area contributed by atoms with Crippen molar-refractivity contribution in [2.24, 2.45) is 0 Å². The number of carboxylic acids is 1. The number of sulfonamides is 1. The molecule has 23 heavy (non-hydrogen) atoms. The van der Waals surface area contributed by atoms with Crippen molar-refractivity contribution in [1.29, 1.82) is 0 Å². The molecule has 0 aliphatic heterocycles. The molecule has 1 aromatic heterocycles. The summed E-state index contributed by atoms with van der Waals surface area (Å²) in [7, 11) is -3.78. The molecule has 1 aliphatic rings. The van der Waals surface area contributed by atoms with Gasteiger partial charge in [-0.2, -0.15) is 0 Å². The second-order valence-corrected chi connectivity index (χ2v) is 7.03. The normalized spacial score (nSPS) is 14.6. The monoisotopic (exact) mass is 336 g/mol. The van der Waals surface area contributed by atoms with Crippen LogP contribution in [0.3, 0.4) is 0 Å². The molecule has 0 radical (unpaired) electrons. The molecule has 1 heterocycles. The molecule has 3 rings (SSSR count). The molecular weight excluding hydrogens is 320 g/mol. The Balaban J connectivity index is 1.91. The lowest BCUT2D eigenvalue weighted by atomic mass is 10.2. The van der Waals surface area contributed by atoms with E-state index in [-0.39, 0.29) is 16.5 Å². The van der Waals surface area contributed by atoms with Gasteiger partial charge < -0.3 is 14.8 Å². The number of carboxylic acid groups (broad SMARTS) is 1. The highest BCUT2D eigenvalue weighted by Gasteiger charge is 2.30. The third kappa shape index (κ3) is 3.72. The number of aromatic carboxylic acids is 1. The number of furan rings is 1. The van der Waals surface area contributed by atoms with E-state index in [0.29, 0.717) is 18.0 Å². The van der Waals surface area contributed by atoms with Gasteiger partial charge in [0.2, 0.25) is 10.0 Å². The van der Waals surface area contributed by atoms with Gasteiger partial charge in [0.05, 0.1) is 24.1 Å². The maximum atomic E-state index is 12.5. The van der Waals surface area contributed by atoms with Gasteiger partial charge in [-0.25, -0.2) is 17.9 Å². The number of carbonyl (C=O) groups is 1. The number of benzene rings is 1. The van der Waals surface area contributed by atoms with Crippen molar-refractivity contribution in [1.82, 2.24) is 4.72 Å². The first kappa shape index (κ1) is 15.6. The lowest BCUT2D eigenvalue weighted by molar-refractivity contribution is 0.0696. The quantitative estimate of drug-likeness (QED) is 0.714. The number of rotatable bonds is 7. The Hall–Kier alpha value is -2.32. The van der Waals surface area contributed by atoms with Crippen LogP contribution in [0.15, 0.2) is 45.9 Å². The predicted octanol–water partition coefficient (Wildman–Crippen LogP) is 2.03. The second-order valence-electron chi connectivity index (χ2n) is 5.34. The fourth-order valence-electron chi connectivity index (χ4n) is 2.10. The van der Waals surface area contributed by atoms with Gasteiger partial charge in [0.25, 0.3) is 0 Å². The summed E-state index contributed by atoms with van der Waals surface area (Å²) >= 11 is 0. The molecule has 122 valence electrons. The van der Waals surface area contributed by atoms with E-state index < -0.39 is 16.0 Å². The lowest BCUT2D eigenvalue weighted by Crippen LogP contribution is -2.27. The molecular formula is C15H16N2O5S. The minimum absolute atomic E-state index is 0.0635. The van der Waals surface area contributed by atoms with Crippen LogP contribution in [-0.2, 0) is 16.6 Å². The molecule has 1 aromatic carbocycles. The van der Waals surface area contributed by atoms with Gasteiger partial charge in [-0.05, 0) is 43.2 Å². The molecule has 0 bridgehead atoms. The molecule has 1 aliphatic carbocycles. The van der Waals surface area contributed by atoms with Gasteiger partial charge in [-0.15, -0.1) is 0 Å². The van der Waals surface area contributed by atoms with Gasteiger partial charge in [0.15, 0.2) is 0 Å². The summed E-state index contributed by atoms with van der Waals surface area (Å²) in [4.78, 5) is 11.0. The Morgan fingerprint density at radius 1 is 1.30 bits per heavy atom. The summed E-state index contributed by atoms with van der Waals surface area (Å²) in [5.74, 6) is -0.531. The predicted molar refractivity (Wildman–Crippen MR) is 82.8 cm³/mol. The summed E-state index contributed by atoms with van der Waals surface area (Å²) in [6, 6.07) is 7.41. The zero-order chi connectivity index (χ0) is 16.4. The van der Waals surface area contributed by atoms with Crippen LogP contribution < -0.4 is 10.0 Å². The third-order valence-corrected chi connectivity index (χ3v) is 5.01. The van der Waals surface area contributed by atoms with Gasteiger partial charge in [-0.1, -0.05) is 0 Å². The highest BCUT2D eigenvalue weighted by molar-refractivity contribution is 7.89. The molecule has 3 N–H and O–H groups in total. The van der Waals surface area contributed by atoms with Crippen LogP contribution in [0.1, 0.15) is 29.0 Å².